The molecule has 1 saturated heterocycles. The van der Waals surface area contributed by atoms with Gasteiger partial charge in [-0.15, -0.1) is 5.11 Å². The molecule has 1 fully saturated rings. The molecule has 3 aromatic rings. The van der Waals surface area contributed by atoms with Crippen LogP contribution in [0.25, 0.3) is 0 Å². The molecule has 0 aliphatic carbocycles. The summed E-state index contributed by atoms with van der Waals surface area (Å²) in [7, 11) is 0. The zero-order chi connectivity index (χ0) is 27.4. The molecule has 0 atom stereocenters. The zero-order valence-corrected chi connectivity index (χ0v) is 21.6. The summed E-state index contributed by atoms with van der Waals surface area (Å²) in [6.07, 6.45) is -3.65. The van der Waals surface area contributed by atoms with Crippen molar-refractivity contribution in [1.29, 1.82) is 0 Å². The highest BCUT2D eigenvalue weighted by atomic mass is 79.9. The van der Waals surface area contributed by atoms with Crippen LogP contribution in [0, 0.1) is 5.82 Å². The molecular weight excluding hydrogens is 600 g/mol. The average Bonchev–Trinajstić information content (AvgIpc) is 2.88. The number of aromatic hydroxyl groups is 1. The van der Waals surface area contributed by atoms with Crippen LogP contribution in [0.4, 0.5) is 35.0 Å². The summed E-state index contributed by atoms with van der Waals surface area (Å²) in [6.45, 7) is 1.30. The highest BCUT2D eigenvalue weighted by Gasteiger charge is 2.31. The third-order valence-electron chi connectivity index (χ3n) is 5.39. The first kappa shape index (κ1) is 27.7. The van der Waals surface area contributed by atoms with E-state index in [-0.39, 0.29) is 44.6 Å². The molecule has 1 amide bonds. The first-order valence-corrected chi connectivity index (χ1v) is 12.1. The van der Waals surface area contributed by atoms with Crippen LogP contribution in [0.5, 0.6) is 5.75 Å². The summed E-state index contributed by atoms with van der Waals surface area (Å²) in [5.74, 6) is -2.08. The maximum absolute atomic E-state index is 14.3. The number of ether oxygens (including phenoxy) is 1. The number of morpholine rings is 1. The van der Waals surface area contributed by atoms with Crippen LogP contribution in [0.2, 0.25) is 5.02 Å². The topological polar surface area (TPSA) is 112 Å². The molecule has 0 bridgehead atoms. The van der Waals surface area contributed by atoms with Crippen molar-refractivity contribution >= 4 is 50.9 Å². The highest BCUT2D eigenvalue weighted by molar-refractivity contribution is 9.10. The van der Waals surface area contributed by atoms with E-state index in [0.29, 0.717) is 26.3 Å². The van der Waals surface area contributed by atoms with Gasteiger partial charge in [-0.1, -0.05) is 17.7 Å². The summed E-state index contributed by atoms with van der Waals surface area (Å²) in [5, 5.41) is 20.6. The fourth-order valence-corrected chi connectivity index (χ4v) is 4.59. The molecule has 1 aliphatic rings. The number of nitrogens with zero attached hydrogens (tertiary/aromatic N) is 5. The lowest BCUT2D eigenvalue weighted by Gasteiger charge is -2.27. The second-order valence-corrected chi connectivity index (χ2v) is 9.18. The number of azo groups is 1. The Morgan fingerprint density at radius 1 is 1.26 bits per heavy atom. The summed E-state index contributed by atoms with van der Waals surface area (Å²) in [5.41, 5.74) is -1.25. The van der Waals surface area contributed by atoms with E-state index in [2.05, 4.69) is 41.4 Å². The smallest absolute Gasteiger partial charge is 0.416 e. The predicted octanol–water partition coefficient (Wildman–Crippen LogP) is 6.13. The molecule has 2 heterocycles. The van der Waals surface area contributed by atoms with Crippen molar-refractivity contribution in [2.75, 3.05) is 36.5 Å². The summed E-state index contributed by atoms with van der Waals surface area (Å²) in [4.78, 5) is 22.6. The van der Waals surface area contributed by atoms with E-state index >= 15 is 0 Å². The van der Waals surface area contributed by atoms with E-state index < -0.39 is 29.2 Å². The van der Waals surface area contributed by atoms with Crippen molar-refractivity contribution in [3.63, 3.8) is 0 Å². The maximum Gasteiger partial charge on any atom is 0.416 e. The Bertz CT molecular complexity index is 1390. The first-order chi connectivity index (χ1) is 18.0. The molecule has 15 heteroatoms. The number of anilines is 2. The van der Waals surface area contributed by atoms with Crippen molar-refractivity contribution in [3.8, 4) is 5.75 Å². The number of aromatic nitrogens is 2. The number of carbonyl (C=O) groups is 1. The Kier molecular flexibility index (Phi) is 8.43. The second-order valence-electron chi connectivity index (χ2n) is 7.92. The third-order valence-corrected chi connectivity index (χ3v) is 6.31. The van der Waals surface area contributed by atoms with Crippen molar-refractivity contribution < 1.29 is 32.2 Å². The molecule has 4 rings (SSSR count). The Morgan fingerprint density at radius 3 is 2.71 bits per heavy atom. The number of phenolic OH excluding ortho intramolecular Hbond substituents is 1. The van der Waals surface area contributed by atoms with E-state index in [1.54, 1.807) is 4.90 Å². The molecule has 2 N–H and O–H groups in total. The number of amides is 1. The molecular formula is C23H18BrClF4N6O3. The molecule has 0 saturated carbocycles. The monoisotopic (exact) mass is 616 g/mol. The number of carbonyl (C=O) groups excluding carboxylic acids is 1. The minimum Gasteiger partial charge on any atom is -0.506 e. The van der Waals surface area contributed by atoms with Crippen LogP contribution < -0.4 is 10.2 Å². The molecule has 2 aromatic carbocycles. The number of hydrogen-bond acceptors (Lipinski definition) is 8. The normalized spacial score (nSPS) is 14.2. The van der Waals surface area contributed by atoms with E-state index in [9.17, 15) is 27.5 Å². The van der Waals surface area contributed by atoms with Crippen LogP contribution in [0.3, 0.4) is 0 Å². The maximum atomic E-state index is 14.3. The van der Waals surface area contributed by atoms with E-state index in [1.165, 1.54) is 12.1 Å². The van der Waals surface area contributed by atoms with E-state index in [4.69, 9.17) is 16.3 Å². The minimum absolute atomic E-state index is 0.0340. The fraction of sp³-hybridized carbons (Fsp3) is 0.261. The van der Waals surface area contributed by atoms with Crippen LogP contribution >= 0.6 is 27.5 Å². The lowest BCUT2D eigenvalue weighted by molar-refractivity contribution is -0.137. The molecule has 38 heavy (non-hydrogen) atoms. The van der Waals surface area contributed by atoms with Gasteiger partial charge in [0.25, 0.3) is 11.9 Å². The number of benzene rings is 2. The van der Waals surface area contributed by atoms with Gasteiger partial charge in [0.15, 0.2) is 11.6 Å². The summed E-state index contributed by atoms with van der Waals surface area (Å²) < 4.78 is 58.8. The van der Waals surface area contributed by atoms with Crippen LogP contribution in [0.1, 0.15) is 21.5 Å². The Balaban J connectivity index is 1.59. The summed E-state index contributed by atoms with van der Waals surface area (Å²) in [6, 6.07) is 5.34. The molecule has 0 spiro atoms. The molecule has 1 aromatic heterocycles. The third kappa shape index (κ3) is 6.37. The van der Waals surface area contributed by atoms with Gasteiger partial charge >= 0.3 is 6.18 Å². The number of hydrogen-bond donors (Lipinski definition) is 2. The zero-order valence-electron chi connectivity index (χ0n) is 19.3. The Labute approximate surface area is 226 Å². The predicted molar refractivity (Wildman–Crippen MR) is 133 cm³/mol. The summed E-state index contributed by atoms with van der Waals surface area (Å²) >= 11 is 9.26. The Morgan fingerprint density at radius 2 is 2.00 bits per heavy atom. The highest BCUT2D eigenvalue weighted by Crippen LogP contribution is 2.37. The number of phenols is 1. The first-order valence-electron chi connectivity index (χ1n) is 11.0. The number of halogens is 6. The Hall–Kier alpha value is -3.36. The molecule has 0 unspecified atom stereocenters. The SMILES string of the molecule is O=C(Nc1cccc(C(F)(F)F)c1)c1c(Br)cc(Cl)c(O)c1CN=Nc1ncc(F)c(N2CCOCC2)n1. The van der Waals surface area contributed by atoms with E-state index in [1.807, 2.05) is 0 Å². The van der Waals surface area contributed by atoms with Gasteiger partial charge in [-0.3, -0.25) is 4.79 Å². The van der Waals surface area contributed by atoms with Crippen molar-refractivity contribution in [3.05, 3.63) is 68.5 Å². The van der Waals surface area contributed by atoms with Crippen LogP contribution in [0.15, 0.2) is 51.2 Å². The van der Waals surface area contributed by atoms with E-state index in [0.717, 1.165) is 24.4 Å². The fourth-order valence-electron chi connectivity index (χ4n) is 3.59. The van der Waals surface area contributed by atoms with Gasteiger partial charge in [-0.2, -0.15) is 23.3 Å². The van der Waals surface area contributed by atoms with Gasteiger partial charge < -0.3 is 20.1 Å². The van der Waals surface area contributed by atoms with Gasteiger partial charge in [-0.05, 0) is 40.2 Å². The molecule has 1 aliphatic heterocycles. The van der Waals surface area contributed by atoms with Crippen molar-refractivity contribution in [2.24, 2.45) is 10.2 Å². The number of alkyl halides is 3. The van der Waals surface area contributed by atoms with Gasteiger partial charge in [0.1, 0.15) is 5.75 Å². The lowest BCUT2D eigenvalue weighted by atomic mass is 10.1. The molecule has 9 nitrogen and oxygen atoms in total. The standard InChI is InChI=1S/C23H18BrClF4N6O3/c24-15-9-16(25)19(36)14(18(15)21(37)32-13-3-1-2-12(8-13)23(27,28)29)10-31-34-22-30-11-17(26)20(33-22)35-4-6-38-7-5-35/h1-3,8-9,11,36H,4-7,10H2,(H,32,37). The molecule has 200 valence electrons. The minimum atomic E-state index is -4.60. The van der Waals surface area contributed by atoms with Gasteiger partial charge in [0, 0.05) is 28.8 Å². The number of rotatable bonds is 6. The molecule has 0 radical (unpaired) electrons. The second kappa shape index (κ2) is 11.6. The van der Waals surface area contributed by atoms with Crippen molar-refractivity contribution in [1.82, 2.24) is 9.97 Å². The van der Waals surface area contributed by atoms with Gasteiger partial charge in [-0.25, -0.2) is 9.37 Å². The number of nitrogens with one attached hydrogen (secondary N) is 1. The average molecular weight is 618 g/mol. The van der Waals surface area contributed by atoms with Gasteiger partial charge in [0.05, 0.1) is 42.1 Å². The van der Waals surface area contributed by atoms with Crippen LogP contribution in [-0.4, -0.2) is 47.3 Å². The van der Waals surface area contributed by atoms with Crippen molar-refractivity contribution in [2.45, 2.75) is 12.7 Å². The van der Waals surface area contributed by atoms with Gasteiger partial charge in [0.2, 0.25) is 0 Å². The van der Waals surface area contributed by atoms with Crippen LogP contribution in [-0.2, 0) is 17.5 Å². The largest absolute Gasteiger partial charge is 0.506 e. The quantitative estimate of drug-likeness (QED) is 0.254. The lowest BCUT2D eigenvalue weighted by Crippen LogP contribution is -2.37.